The van der Waals surface area contributed by atoms with Crippen LogP contribution in [0.3, 0.4) is 0 Å². The highest BCUT2D eigenvalue weighted by atomic mass is 16.4. The van der Waals surface area contributed by atoms with Gasteiger partial charge >= 0.3 is 0 Å². The average Bonchev–Trinajstić information content (AvgIpc) is 3.10. The number of fused-ring (bicyclic) bond motifs is 1. The van der Waals surface area contributed by atoms with Crippen LogP contribution in [-0.2, 0) is 0 Å². The Balaban J connectivity index is 2.32. The number of benzene rings is 1. The fraction of sp³-hybridized carbons (Fsp3) is 0.294. The van der Waals surface area contributed by atoms with Crippen LogP contribution in [0.15, 0.2) is 41.2 Å². The molecule has 3 aromatic rings. The van der Waals surface area contributed by atoms with E-state index in [9.17, 15) is 24.9 Å². The first kappa shape index (κ1) is 18.9. The number of aliphatic hydroxyl groups is 4. The normalized spacial score (nSPS) is 14.9. The maximum absolute atomic E-state index is 12.4. The number of aromatic nitrogens is 4. The SMILES string of the molecule is CC(=O)n1c(=O)cc(-c2ccccc2)n2c([C@H](O)[C@H](O)[C@H](O)CO)nnc12. The lowest BCUT2D eigenvalue weighted by molar-refractivity contribution is -0.0805. The molecule has 0 unspecified atom stereocenters. The monoisotopic (exact) mass is 374 g/mol. The van der Waals surface area contributed by atoms with Crippen molar-refractivity contribution >= 4 is 11.7 Å². The molecule has 0 fully saturated rings. The number of aliphatic hydroxyl groups excluding tert-OH is 4. The van der Waals surface area contributed by atoms with E-state index in [1.807, 2.05) is 0 Å². The molecule has 0 bridgehead atoms. The topological polar surface area (TPSA) is 150 Å². The molecule has 0 aliphatic heterocycles. The summed E-state index contributed by atoms with van der Waals surface area (Å²) in [5.41, 5.74) is 0.247. The quantitative estimate of drug-likeness (QED) is 0.442. The maximum atomic E-state index is 12.4. The van der Waals surface area contributed by atoms with Crippen LogP contribution in [0.1, 0.15) is 23.6 Å². The number of nitrogens with zero attached hydrogens (tertiary/aromatic N) is 4. The highest BCUT2D eigenvalue weighted by Crippen LogP contribution is 2.24. The van der Waals surface area contributed by atoms with E-state index in [-0.39, 0.29) is 17.3 Å². The van der Waals surface area contributed by atoms with Gasteiger partial charge in [-0.3, -0.25) is 14.0 Å². The van der Waals surface area contributed by atoms with E-state index >= 15 is 0 Å². The third-order valence-corrected chi connectivity index (χ3v) is 4.15. The van der Waals surface area contributed by atoms with Crippen molar-refractivity contribution in [3.63, 3.8) is 0 Å². The molecule has 10 heteroatoms. The third-order valence-electron chi connectivity index (χ3n) is 4.15. The Kier molecular flexibility index (Phi) is 5.15. The molecule has 0 spiro atoms. The van der Waals surface area contributed by atoms with Gasteiger partial charge in [0.15, 0.2) is 5.82 Å². The van der Waals surface area contributed by atoms with Gasteiger partial charge in [-0.1, -0.05) is 30.3 Å². The van der Waals surface area contributed by atoms with Gasteiger partial charge in [-0.15, -0.1) is 10.2 Å². The lowest BCUT2D eigenvalue weighted by Crippen LogP contribution is -2.36. The second-order valence-corrected chi connectivity index (χ2v) is 5.97. The predicted molar refractivity (Wildman–Crippen MR) is 93.0 cm³/mol. The number of carbonyl (C=O) groups excluding carboxylic acids is 1. The fourth-order valence-corrected chi connectivity index (χ4v) is 2.79. The van der Waals surface area contributed by atoms with E-state index in [4.69, 9.17) is 5.11 Å². The second kappa shape index (κ2) is 7.37. The summed E-state index contributed by atoms with van der Waals surface area (Å²) >= 11 is 0. The number of hydrogen-bond acceptors (Lipinski definition) is 8. The van der Waals surface area contributed by atoms with Gasteiger partial charge in [-0.2, -0.15) is 0 Å². The lowest BCUT2D eigenvalue weighted by Gasteiger charge is -2.21. The number of hydrogen-bond donors (Lipinski definition) is 4. The summed E-state index contributed by atoms with van der Waals surface area (Å²) in [6.45, 7) is 0.400. The van der Waals surface area contributed by atoms with Crippen molar-refractivity contribution in [3.05, 3.63) is 52.6 Å². The molecule has 0 amide bonds. The van der Waals surface area contributed by atoms with Gasteiger partial charge in [0.25, 0.3) is 5.56 Å². The van der Waals surface area contributed by atoms with E-state index in [0.29, 0.717) is 5.56 Å². The van der Waals surface area contributed by atoms with Crippen molar-refractivity contribution in [1.82, 2.24) is 19.2 Å². The van der Waals surface area contributed by atoms with E-state index in [1.165, 1.54) is 17.4 Å². The Morgan fingerprint density at radius 2 is 1.81 bits per heavy atom. The second-order valence-electron chi connectivity index (χ2n) is 5.97. The third kappa shape index (κ3) is 3.26. The summed E-state index contributed by atoms with van der Waals surface area (Å²) in [7, 11) is 0. The van der Waals surface area contributed by atoms with Crippen LogP contribution in [0.4, 0.5) is 0 Å². The molecular formula is C17H18N4O6. The van der Waals surface area contributed by atoms with Gasteiger partial charge in [-0.25, -0.2) is 4.57 Å². The highest BCUT2D eigenvalue weighted by molar-refractivity contribution is 5.80. The summed E-state index contributed by atoms with van der Waals surface area (Å²) < 4.78 is 2.04. The zero-order chi connectivity index (χ0) is 19.7. The summed E-state index contributed by atoms with van der Waals surface area (Å²) in [4.78, 5) is 24.3. The maximum Gasteiger partial charge on any atom is 0.262 e. The molecule has 0 saturated carbocycles. The molecule has 27 heavy (non-hydrogen) atoms. The summed E-state index contributed by atoms with van der Waals surface area (Å²) in [5.74, 6) is -0.943. The zero-order valence-electron chi connectivity index (χ0n) is 14.3. The van der Waals surface area contributed by atoms with Gasteiger partial charge in [0.2, 0.25) is 11.7 Å². The Morgan fingerprint density at radius 1 is 1.15 bits per heavy atom. The molecule has 4 N–H and O–H groups in total. The average molecular weight is 374 g/mol. The molecule has 142 valence electrons. The van der Waals surface area contributed by atoms with Crippen molar-refractivity contribution in [2.24, 2.45) is 0 Å². The molecule has 10 nitrogen and oxygen atoms in total. The first-order valence-corrected chi connectivity index (χ1v) is 8.09. The zero-order valence-corrected chi connectivity index (χ0v) is 14.3. The minimum absolute atomic E-state index is 0.145. The van der Waals surface area contributed by atoms with Crippen molar-refractivity contribution in [3.8, 4) is 11.3 Å². The van der Waals surface area contributed by atoms with Gasteiger partial charge < -0.3 is 20.4 Å². The van der Waals surface area contributed by atoms with Gasteiger partial charge in [0, 0.05) is 13.0 Å². The van der Waals surface area contributed by atoms with E-state index < -0.39 is 36.4 Å². The molecule has 2 heterocycles. The highest BCUT2D eigenvalue weighted by Gasteiger charge is 2.31. The van der Waals surface area contributed by atoms with Crippen LogP contribution in [0, 0.1) is 0 Å². The Bertz CT molecular complexity index is 1030. The van der Waals surface area contributed by atoms with Crippen LogP contribution in [-0.4, -0.2) is 64.3 Å². The number of carbonyl (C=O) groups is 1. The first-order valence-electron chi connectivity index (χ1n) is 8.09. The Morgan fingerprint density at radius 3 is 2.41 bits per heavy atom. The molecule has 0 saturated heterocycles. The van der Waals surface area contributed by atoms with E-state index in [0.717, 1.165) is 4.57 Å². The van der Waals surface area contributed by atoms with Crippen LogP contribution < -0.4 is 5.56 Å². The summed E-state index contributed by atoms with van der Waals surface area (Å²) in [6, 6.07) is 9.87. The molecular weight excluding hydrogens is 356 g/mol. The predicted octanol–water partition coefficient (Wildman–Crippen LogP) is -1.03. The lowest BCUT2D eigenvalue weighted by atomic mass is 10.1. The van der Waals surface area contributed by atoms with Crippen LogP contribution in [0.25, 0.3) is 17.0 Å². The Hall–Kier alpha value is -2.92. The van der Waals surface area contributed by atoms with E-state index in [1.54, 1.807) is 30.3 Å². The number of rotatable bonds is 5. The minimum atomic E-state index is -1.76. The largest absolute Gasteiger partial charge is 0.394 e. The molecule has 0 aliphatic rings. The van der Waals surface area contributed by atoms with Crippen LogP contribution in [0.5, 0.6) is 0 Å². The van der Waals surface area contributed by atoms with Crippen LogP contribution >= 0.6 is 0 Å². The molecule has 3 rings (SSSR count). The molecule has 3 atom stereocenters. The van der Waals surface area contributed by atoms with Crippen molar-refractivity contribution in [2.45, 2.75) is 25.2 Å². The van der Waals surface area contributed by atoms with Crippen molar-refractivity contribution < 1.29 is 25.2 Å². The van der Waals surface area contributed by atoms with Gasteiger partial charge in [-0.05, 0) is 5.56 Å². The molecule has 1 aromatic carbocycles. The standard InChI is InChI=1S/C17H18N4O6/c1-9(23)20-13(25)7-11(10-5-3-2-4-6-10)21-16(18-19-17(20)21)15(27)14(26)12(24)8-22/h2-7,12,14-15,22,24,26-27H,8H2,1H3/t12-,14-,15-/m1/s1. The molecule has 0 radical (unpaired) electrons. The Labute approximate surface area is 152 Å². The fourth-order valence-electron chi connectivity index (χ4n) is 2.79. The molecule has 0 aliphatic carbocycles. The van der Waals surface area contributed by atoms with Crippen molar-refractivity contribution in [1.29, 1.82) is 0 Å². The summed E-state index contributed by atoms with van der Waals surface area (Å²) in [5, 5.41) is 46.7. The minimum Gasteiger partial charge on any atom is -0.394 e. The van der Waals surface area contributed by atoms with E-state index in [2.05, 4.69) is 10.2 Å². The van der Waals surface area contributed by atoms with Gasteiger partial charge in [0.1, 0.15) is 18.3 Å². The summed E-state index contributed by atoms with van der Waals surface area (Å²) in [6.07, 6.45) is -5.11. The first-order chi connectivity index (χ1) is 12.9. The van der Waals surface area contributed by atoms with Crippen LogP contribution in [0.2, 0.25) is 0 Å². The van der Waals surface area contributed by atoms with Crippen molar-refractivity contribution in [2.75, 3.05) is 6.61 Å². The molecule has 2 aromatic heterocycles. The smallest absolute Gasteiger partial charge is 0.262 e. The van der Waals surface area contributed by atoms with Gasteiger partial charge in [0.05, 0.1) is 12.3 Å².